The van der Waals surface area contributed by atoms with Crippen LogP contribution in [0.4, 0.5) is 10.7 Å². The van der Waals surface area contributed by atoms with Crippen LogP contribution in [0.25, 0.3) is 0 Å². The Bertz CT molecular complexity index is 514. The van der Waals surface area contributed by atoms with E-state index in [2.05, 4.69) is 10.1 Å². The summed E-state index contributed by atoms with van der Waals surface area (Å²) in [6.07, 6.45) is 0. The summed E-state index contributed by atoms with van der Waals surface area (Å²) in [6, 6.07) is 0. The molecule has 1 heterocycles. The minimum Gasteiger partial charge on any atom is -0.465 e. The molecule has 21 heavy (non-hydrogen) atoms. The predicted molar refractivity (Wildman–Crippen MR) is 83.1 cm³/mol. The second-order valence-corrected chi connectivity index (χ2v) is 5.51. The Morgan fingerprint density at radius 2 is 2.00 bits per heavy atom. The van der Waals surface area contributed by atoms with E-state index >= 15 is 0 Å². The maximum absolute atomic E-state index is 12.0. The topological polar surface area (TPSA) is 93.9 Å². The fourth-order valence-electron chi connectivity index (χ4n) is 1.61. The number of likely N-dealkylation sites (N-methyl/N-ethyl adjacent to an activating group) is 1. The number of ether oxygens (including phenoxy) is 2. The van der Waals surface area contributed by atoms with Crippen LogP contribution < -0.4 is 11.1 Å². The number of nitrogens with zero attached hydrogens (tertiary/aromatic N) is 1. The highest BCUT2D eigenvalue weighted by molar-refractivity contribution is 7.19. The van der Waals surface area contributed by atoms with Gasteiger partial charge in [-0.2, -0.15) is 0 Å². The highest BCUT2D eigenvalue weighted by atomic mass is 32.1. The molecule has 0 aliphatic carbocycles. The number of nitrogens with two attached hydrogens (primary N) is 1. The quantitative estimate of drug-likeness (QED) is 0.732. The van der Waals surface area contributed by atoms with Crippen molar-refractivity contribution in [2.45, 2.75) is 6.92 Å². The standard InChI is InChI=1S/C13H21N3O4S/c1-5-20-12(17)8-9(14)10(13(18)19-4)21-11(8)15-6-7-16(2)3/h15H,5-7,14H2,1-4H3. The highest BCUT2D eigenvalue weighted by Crippen LogP contribution is 2.36. The van der Waals surface area contributed by atoms with E-state index in [0.717, 1.165) is 17.9 Å². The summed E-state index contributed by atoms with van der Waals surface area (Å²) in [7, 11) is 5.15. The highest BCUT2D eigenvalue weighted by Gasteiger charge is 2.26. The van der Waals surface area contributed by atoms with Crippen LogP contribution >= 0.6 is 11.3 Å². The summed E-state index contributed by atoms with van der Waals surface area (Å²) in [4.78, 5) is 25.9. The molecule has 0 amide bonds. The van der Waals surface area contributed by atoms with Crippen LogP contribution in [0.5, 0.6) is 0 Å². The number of carbonyl (C=O) groups excluding carboxylic acids is 2. The van der Waals surface area contributed by atoms with Crippen LogP contribution in [-0.2, 0) is 9.47 Å². The third-order valence-electron chi connectivity index (χ3n) is 2.64. The summed E-state index contributed by atoms with van der Waals surface area (Å²) < 4.78 is 9.66. The SMILES string of the molecule is CCOC(=O)c1c(NCCN(C)C)sc(C(=O)OC)c1N. The summed E-state index contributed by atoms with van der Waals surface area (Å²) in [6.45, 7) is 3.33. The Hall–Kier alpha value is -1.80. The van der Waals surface area contributed by atoms with Gasteiger partial charge in [0, 0.05) is 13.1 Å². The molecular formula is C13H21N3O4S. The van der Waals surface area contributed by atoms with Gasteiger partial charge in [-0.25, -0.2) is 9.59 Å². The number of rotatable bonds is 7. The van der Waals surface area contributed by atoms with Gasteiger partial charge in [0.05, 0.1) is 19.4 Å². The molecule has 3 N–H and O–H groups in total. The van der Waals surface area contributed by atoms with Crippen LogP contribution in [0.2, 0.25) is 0 Å². The number of hydrogen-bond acceptors (Lipinski definition) is 8. The first kappa shape index (κ1) is 17.3. The number of esters is 2. The normalized spacial score (nSPS) is 10.5. The lowest BCUT2D eigenvalue weighted by Crippen LogP contribution is -2.21. The van der Waals surface area contributed by atoms with Gasteiger partial charge in [0.25, 0.3) is 0 Å². The fourth-order valence-corrected chi connectivity index (χ4v) is 2.66. The van der Waals surface area contributed by atoms with Crippen molar-refractivity contribution in [2.24, 2.45) is 0 Å². The Kier molecular flexibility index (Phi) is 6.44. The molecule has 0 atom stereocenters. The number of nitrogens with one attached hydrogen (secondary N) is 1. The van der Waals surface area contributed by atoms with Crippen molar-refractivity contribution in [1.29, 1.82) is 0 Å². The average molecular weight is 315 g/mol. The number of carbonyl (C=O) groups is 2. The molecule has 0 saturated carbocycles. The Labute approximate surface area is 128 Å². The van der Waals surface area contributed by atoms with Crippen molar-refractivity contribution < 1.29 is 19.1 Å². The Morgan fingerprint density at radius 1 is 1.33 bits per heavy atom. The third-order valence-corrected chi connectivity index (χ3v) is 3.78. The van der Waals surface area contributed by atoms with Crippen LogP contribution in [0, 0.1) is 0 Å². The summed E-state index contributed by atoms with van der Waals surface area (Å²) in [5.41, 5.74) is 6.19. The first-order chi connectivity index (χ1) is 9.92. The van der Waals surface area contributed by atoms with Crippen molar-refractivity contribution >= 4 is 34.0 Å². The van der Waals surface area contributed by atoms with Gasteiger partial charge >= 0.3 is 11.9 Å². The lowest BCUT2D eigenvalue weighted by Gasteiger charge is -2.11. The molecule has 0 radical (unpaired) electrons. The van der Waals surface area contributed by atoms with Gasteiger partial charge in [-0.15, -0.1) is 11.3 Å². The molecule has 118 valence electrons. The van der Waals surface area contributed by atoms with Gasteiger partial charge in [0.15, 0.2) is 0 Å². The van der Waals surface area contributed by atoms with E-state index in [1.54, 1.807) is 6.92 Å². The molecule has 1 aromatic heterocycles. The molecule has 0 saturated heterocycles. The summed E-state index contributed by atoms with van der Waals surface area (Å²) in [5.74, 6) is -1.11. The van der Waals surface area contributed by atoms with Crippen molar-refractivity contribution in [2.75, 3.05) is 52.0 Å². The second-order valence-electron chi connectivity index (χ2n) is 4.49. The smallest absolute Gasteiger partial charge is 0.350 e. The van der Waals surface area contributed by atoms with E-state index in [9.17, 15) is 9.59 Å². The third kappa shape index (κ3) is 4.33. The molecule has 0 spiro atoms. The predicted octanol–water partition coefficient (Wildman–Crippen LogP) is 1.27. The molecule has 0 bridgehead atoms. The summed E-state index contributed by atoms with van der Waals surface area (Å²) in [5, 5.41) is 3.63. The van der Waals surface area contributed by atoms with E-state index < -0.39 is 11.9 Å². The number of methoxy groups -OCH3 is 1. The molecule has 0 aromatic carbocycles. The van der Waals surface area contributed by atoms with Gasteiger partial charge in [0.1, 0.15) is 15.4 Å². The molecule has 0 unspecified atom stereocenters. The molecule has 7 nitrogen and oxygen atoms in total. The number of anilines is 2. The van der Waals surface area contributed by atoms with Crippen LogP contribution in [-0.4, -0.2) is 57.7 Å². The fraction of sp³-hybridized carbons (Fsp3) is 0.538. The number of thiophene rings is 1. The first-order valence-corrected chi connectivity index (χ1v) is 7.30. The summed E-state index contributed by atoms with van der Waals surface area (Å²) >= 11 is 1.09. The molecule has 0 aliphatic heterocycles. The van der Waals surface area contributed by atoms with E-state index in [1.807, 2.05) is 19.0 Å². The number of nitrogen functional groups attached to an aromatic ring is 1. The van der Waals surface area contributed by atoms with E-state index in [-0.39, 0.29) is 22.7 Å². The zero-order valence-electron chi connectivity index (χ0n) is 12.7. The van der Waals surface area contributed by atoms with Gasteiger partial charge in [0.2, 0.25) is 0 Å². The average Bonchev–Trinajstić information content (AvgIpc) is 2.75. The molecule has 0 fully saturated rings. The minimum absolute atomic E-state index is 0.0950. The van der Waals surface area contributed by atoms with Crippen LogP contribution in [0.15, 0.2) is 0 Å². The molecule has 1 aromatic rings. The first-order valence-electron chi connectivity index (χ1n) is 6.48. The lowest BCUT2D eigenvalue weighted by molar-refractivity contribution is 0.0529. The number of hydrogen-bond donors (Lipinski definition) is 2. The van der Waals surface area contributed by atoms with Crippen molar-refractivity contribution in [3.8, 4) is 0 Å². The van der Waals surface area contributed by atoms with Crippen molar-refractivity contribution in [1.82, 2.24) is 4.90 Å². The van der Waals surface area contributed by atoms with Gasteiger partial charge in [-0.05, 0) is 21.0 Å². The lowest BCUT2D eigenvalue weighted by atomic mass is 10.2. The zero-order chi connectivity index (χ0) is 16.0. The Balaban J connectivity index is 3.07. The van der Waals surface area contributed by atoms with Crippen LogP contribution in [0.1, 0.15) is 27.0 Å². The molecule has 1 rings (SSSR count). The van der Waals surface area contributed by atoms with E-state index in [1.165, 1.54) is 7.11 Å². The molecular weight excluding hydrogens is 294 g/mol. The minimum atomic E-state index is -0.566. The van der Waals surface area contributed by atoms with Crippen LogP contribution in [0.3, 0.4) is 0 Å². The monoisotopic (exact) mass is 315 g/mol. The maximum atomic E-state index is 12.0. The second kappa shape index (κ2) is 7.84. The molecule has 0 aliphatic rings. The largest absolute Gasteiger partial charge is 0.465 e. The van der Waals surface area contributed by atoms with E-state index in [4.69, 9.17) is 10.5 Å². The van der Waals surface area contributed by atoms with Crippen molar-refractivity contribution in [3.05, 3.63) is 10.4 Å². The van der Waals surface area contributed by atoms with Gasteiger partial charge in [-0.3, -0.25) is 0 Å². The van der Waals surface area contributed by atoms with Gasteiger partial charge in [-0.1, -0.05) is 0 Å². The van der Waals surface area contributed by atoms with Gasteiger partial charge < -0.3 is 25.4 Å². The van der Waals surface area contributed by atoms with E-state index in [0.29, 0.717) is 11.5 Å². The zero-order valence-corrected chi connectivity index (χ0v) is 13.5. The van der Waals surface area contributed by atoms with Crippen molar-refractivity contribution in [3.63, 3.8) is 0 Å². The maximum Gasteiger partial charge on any atom is 0.350 e. The molecule has 8 heteroatoms. The Morgan fingerprint density at radius 3 is 2.52 bits per heavy atom.